The van der Waals surface area contributed by atoms with Crippen molar-refractivity contribution in [2.75, 3.05) is 31.1 Å². The molecule has 0 atom stereocenters. The van der Waals surface area contributed by atoms with E-state index in [0.29, 0.717) is 17.9 Å². The van der Waals surface area contributed by atoms with Gasteiger partial charge < -0.3 is 14.2 Å². The second kappa shape index (κ2) is 7.35. The van der Waals surface area contributed by atoms with E-state index in [1.54, 1.807) is 6.33 Å². The number of ether oxygens (including phenoxy) is 1. The van der Waals surface area contributed by atoms with Crippen molar-refractivity contribution in [1.29, 1.82) is 0 Å². The van der Waals surface area contributed by atoms with Gasteiger partial charge in [0.1, 0.15) is 12.4 Å². The van der Waals surface area contributed by atoms with E-state index in [9.17, 15) is 0 Å². The van der Waals surface area contributed by atoms with Gasteiger partial charge in [0.15, 0.2) is 5.82 Å². The van der Waals surface area contributed by atoms with Crippen molar-refractivity contribution < 1.29 is 9.26 Å². The van der Waals surface area contributed by atoms with E-state index in [-0.39, 0.29) is 0 Å². The third-order valence-corrected chi connectivity index (χ3v) is 5.58. The highest BCUT2D eigenvalue weighted by molar-refractivity contribution is 5.86. The third-order valence-electron chi connectivity index (χ3n) is 5.58. The lowest BCUT2D eigenvalue weighted by Crippen LogP contribution is -2.46. The maximum Gasteiger partial charge on any atom is 0.224 e. The Morgan fingerprint density at radius 2 is 2.00 bits per heavy atom. The van der Waals surface area contributed by atoms with Crippen molar-refractivity contribution >= 4 is 16.6 Å². The van der Waals surface area contributed by atoms with Crippen molar-refractivity contribution in [3.63, 3.8) is 0 Å². The van der Waals surface area contributed by atoms with E-state index in [2.05, 4.69) is 48.1 Å². The summed E-state index contributed by atoms with van der Waals surface area (Å²) in [6.45, 7) is 6.38. The second-order valence-corrected chi connectivity index (χ2v) is 7.54. The van der Waals surface area contributed by atoms with E-state index < -0.39 is 0 Å². The summed E-state index contributed by atoms with van der Waals surface area (Å²) in [5, 5.41) is 4.99. The monoisotopic (exact) mass is 380 g/mol. The molecule has 28 heavy (non-hydrogen) atoms. The first-order valence-corrected chi connectivity index (χ1v) is 9.92. The van der Waals surface area contributed by atoms with Gasteiger partial charge in [-0.25, -0.2) is 9.97 Å². The fourth-order valence-electron chi connectivity index (χ4n) is 3.73. The van der Waals surface area contributed by atoms with Crippen LogP contribution in [0.25, 0.3) is 10.9 Å². The van der Waals surface area contributed by atoms with Gasteiger partial charge in [0, 0.05) is 38.8 Å². The minimum atomic E-state index is 0.305. The van der Waals surface area contributed by atoms with Crippen LogP contribution in [0.15, 0.2) is 29.0 Å². The number of nitrogens with zero attached hydrogens (tertiary/aromatic N) is 6. The number of hydrogen-bond donors (Lipinski definition) is 0. The van der Waals surface area contributed by atoms with Crippen LogP contribution in [-0.4, -0.2) is 57.3 Å². The molecule has 1 aromatic carbocycles. The van der Waals surface area contributed by atoms with Gasteiger partial charge in [-0.15, -0.1) is 0 Å². The van der Waals surface area contributed by atoms with Crippen molar-refractivity contribution in [2.45, 2.75) is 38.8 Å². The summed E-state index contributed by atoms with van der Waals surface area (Å²) >= 11 is 0. The molecule has 0 N–H and O–H groups in total. The van der Waals surface area contributed by atoms with Gasteiger partial charge in [-0.1, -0.05) is 5.16 Å². The molecule has 3 heterocycles. The van der Waals surface area contributed by atoms with E-state index >= 15 is 0 Å². The fourth-order valence-corrected chi connectivity index (χ4v) is 3.73. The molecule has 1 saturated carbocycles. The minimum absolute atomic E-state index is 0.305. The molecule has 1 aliphatic carbocycles. The average molecular weight is 380 g/mol. The quantitative estimate of drug-likeness (QED) is 0.668. The molecule has 2 aliphatic rings. The molecule has 0 bridgehead atoms. The van der Waals surface area contributed by atoms with Gasteiger partial charge in [-0.05, 0) is 37.5 Å². The Balaban J connectivity index is 1.29. The lowest BCUT2D eigenvalue weighted by Gasteiger charge is -2.35. The molecule has 1 aliphatic heterocycles. The molecule has 0 spiro atoms. The molecule has 2 fully saturated rings. The highest BCUT2D eigenvalue weighted by Crippen LogP contribution is 2.31. The highest BCUT2D eigenvalue weighted by atomic mass is 16.5. The number of benzene rings is 1. The van der Waals surface area contributed by atoms with Crippen LogP contribution in [0.1, 0.15) is 31.0 Å². The zero-order valence-corrected chi connectivity index (χ0v) is 16.0. The smallest absolute Gasteiger partial charge is 0.224 e. The van der Waals surface area contributed by atoms with Crippen LogP contribution in [-0.2, 0) is 6.54 Å². The molecule has 0 amide bonds. The number of aromatic nitrogens is 4. The van der Waals surface area contributed by atoms with E-state index in [0.717, 1.165) is 62.3 Å². The molecule has 8 heteroatoms. The largest absolute Gasteiger partial charge is 0.474 e. The second-order valence-electron chi connectivity index (χ2n) is 7.54. The molecule has 0 unspecified atom stereocenters. The summed E-state index contributed by atoms with van der Waals surface area (Å²) in [5.41, 5.74) is 2.12. The van der Waals surface area contributed by atoms with Gasteiger partial charge in [-0.3, -0.25) is 4.90 Å². The SMILES string of the molecule is Cc1nc(CN2CCN(c3ccc4ncnc(OC5CCC5)c4c3)CC2)no1. The number of hydrogen-bond acceptors (Lipinski definition) is 8. The van der Waals surface area contributed by atoms with Crippen LogP contribution in [0.4, 0.5) is 5.69 Å². The number of fused-ring (bicyclic) bond motifs is 1. The maximum absolute atomic E-state index is 6.09. The molecule has 146 valence electrons. The molecule has 2 aromatic heterocycles. The van der Waals surface area contributed by atoms with E-state index in [1.807, 2.05) is 6.92 Å². The lowest BCUT2D eigenvalue weighted by atomic mass is 9.96. The molecule has 5 rings (SSSR count). The van der Waals surface area contributed by atoms with Crippen LogP contribution in [0.3, 0.4) is 0 Å². The Morgan fingerprint density at radius 1 is 1.14 bits per heavy atom. The van der Waals surface area contributed by atoms with Gasteiger partial charge >= 0.3 is 0 Å². The first-order valence-electron chi connectivity index (χ1n) is 9.92. The summed E-state index contributed by atoms with van der Waals surface area (Å²) < 4.78 is 11.2. The summed E-state index contributed by atoms with van der Waals surface area (Å²) in [5.74, 6) is 2.08. The molecular weight excluding hydrogens is 356 g/mol. The van der Waals surface area contributed by atoms with Gasteiger partial charge in [0.2, 0.25) is 11.8 Å². The zero-order valence-electron chi connectivity index (χ0n) is 16.0. The molecular formula is C20H24N6O2. The van der Waals surface area contributed by atoms with Crippen LogP contribution < -0.4 is 9.64 Å². The molecule has 0 radical (unpaired) electrons. The summed E-state index contributed by atoms with van der Waals surface area (Å²) in [6, 6.07) is 6.37. The summed E-state index contributed by atoms with van der Waals surface area (Å²) in [7, 11) is 0. The van der Waals surface area contributed by atoms with Crippen molar-refractivity contribution in [2.24, 2.45) is 0 Å². The van der Waals surface area contributed by atoms with Gasteiger partial charge in [-0.2, -0.15) is 4.98 Å². The third kappa shape index (κ3) is 3.52. The Hall–Kier alpha value is -2.74. The van der Waals surface area contributed by atoms with Crippen LogP contribution in [0, 0.1) is 6.92 Å². The van der Waals surface area contributed by atoms with Crippen molar-refractivity contribution in [3.05, 3.63) is 36.2 Å². The topological polar surface area (TPSA) is 80.4 Å². The summed E-state index contributed by atoms with van der Waals surface area (Å²) in [4.78, 5) is 17.9. The number of piperazine rings is 1. The lowest BCUT2D eigenvalue weighted by molar-refractivity contribution is 0.116. The Kier molecular flexibility index (Phi) is 4.56. The minimum Gasteiger partial charge on any atom is -0.474 e. The summed E-state index contributed by atoms with van der Waals surface area (Å²) in [6.07, 6.45) is 5.38. The number of anilines is 1. The molecule has 3 aromatic rings. The molecule has 1 saturated heterocycles. The average Bonchev–Trinajstić information content (AvgIpc) is 3.09. The standard InChI is InChI=1S/C20H24N6O2/c1-14-23-19(24-28-14)12-25-7-9-26(10-8-25)15-5-6-18-17(11-15)20(22-13-21-18)27-16-3-2-4-16/h5-6,11,13,16H,2-4,7-10,12H2,1H3. The van der Waals surface area contributed by atoms with Crippen molar-refractivity contribution in [3.8, 4) is 5.88 Å². The normalized spacial score (nSPS) is 18.4. The zero-order chi connectivity index (χ0) is 18.9. The molecule has 8 nitrogen and oxygen atoms in total. The van der Waals surface area contributed by atoms with Crippen LogP contribution >= 0.6 is 0 Å². The maximum atomic E-state index is 6.09. The number of aryl methyl sites for hydroxylation is 1. The Morgan fingerprint density at radius 3 is 2.71 bits per heavy atom. The van der Waals surface area contributed by atoms with Gasteiger partial charge in [0.05, 0.1) is 17.4 Å². The number of rotatable bonds is 5. The fraction of sp³-hybridized carbons (Fsp3) is 0.500. The first kappa shape index (κ1) is 17.4. The van der Waals surface area contributed by atoms with Crippen LogP contribution in [0.2, 0.25) is 0 Å². The van der Waals surface area contributed by atoms with E-state index in [4.69, 9.17) is 9.26 Å². The predicted octanol–water partition coefficient (Wildman–Crippen LogP) is 2.57. The van der Waals surface area contributed by atoms with Crippen molar-refractivity contribution in [1.82, 2.24) is 25.0 Å². The predicted molar refractivity (Wildman–Crippen MR) is 104 cm³/mol. The Labute approximate surface area is 163 Å². The van der Waals surface area contributed by atoms with E-state index in [1.165, 1.54) is 12.1 Å². The highest BCUT2D eigenvalue weighted by Gasteiger charge is 2.22. The van der Waals surface area contributed by atoms with Crippen LogP contribution in [0.5, 0.6) is 5.88 Å². The Bertz CT molecular complexity index is 962. The first-order chi connectivity index (χ1) is 13.7. The van der Waals surface area contributed by atoms with Gasteiger partial charge in [0.25, 0.3) is 0 Å².